The van der Waals surface area contributed by atoms with Gasteiger partial charge in [-0.3, -0.25) is 19.3 Å². The van der Waals surface area contributed by atoms with E-state index in [9.17, 15) is 23.2 Å². The summed E-state index contributed by atoms with van der Waals surface area (Å²) in [7, 11) is 0. The molecule has 150 valence electrons. The van der Waals surface area contributed by atoms with Crippen molar-refractivity contribution in [1.82, 2.24) is 9.80 Å². The molecule has 0 bridgehead atoms. The zero-order valence-corrected chi connectivity index (χ0v) is 15.5. The molecule has 2 heterocycles. The molecule has 2 aliphatic rings. The SMILES string of the molecule is O=C(CN1C(=O)c2ccccc2C1=O)N1CCCC(Nc2ccc(F)c(F)c2)C1. The van der Waals surface area contributed by atoms with Crippen LogP contribution in [-0.4, -0.2) is 53.2 Å². The molecular weight excluding hydrogens is 380 g/mol. The van der Waals surface area contributed by atoms with Crippen molar-refractivity contribution in [3.05, 3.63) is 65.2 Å². The molecule has 3 amide bonds. The Morgan fingerprint density at radius 1 is 1.03 bits per heavy atom. The molecule has 8 heteroatoms. The highest BCUT2D eigenvalue weighted by Gasteiger charge is 2.37. The summed E-state index contributed by atoms with van der Waals surface area (Å²) < 4.78 is 26.5. The van der Waals surface area contributed by atoms with Crippen LogP contribution >= 0.6 is 0 Å². The van der Waals surface area contributed by atoms with Gasteiger partial charge in [-0.2, -0.15) is 0 Å². The van der Waals surface area contributed by atoms with Crippen LogP contribution in [0.2, 0.25) is 0 Å². The zero-order valence-electron chi connectivity index (χ0n) is 15.5. The molecule has 2 aromatic carbocycles. The lowest BCUT2D eigenvalue weighted by atomic mass is 10.0. The molecule has 0 radical (unpaired) electrons. The molecule has 6 nitrogen and oxygen atoms in total. The van der Waals surface area contributed by atoms with Gasteiger partial charge in [-0.05, 0) is 37.1 Å². The summed E-state index contributed by atoms with van der Waals surface area (Å²) in [5.74, 6) is -3.11. The van der Waals surface area contributed by atoms with Gasteiger partial charge in [-0.15, -0.1) is 0 Å². The Morgan fingerprint density at radius 2 is 1.72 bits per heavy atom. The Balaban J connectivity index is 1.40. The fraction of sp³-hybridized carbons (Fsp3) is 0.286. The lowest BCUT2D eigenvalue weighted by molar-refractivity contribution is -0.132. The Labute approximate surface area is 166 Å². The molecule has 4 rings (SSSR count). The number of hydrogen-bond acceptors (Lipinski definition) is 4. The van der Waals surface area contributed by atoms with Crippen molar-refractivity contribution in [2.75, 3.05) is 25.0 Å². The molecule has 29 heavy (non-hydrogen) atoms. The minimum absolute atomic E-state index is 0.139. The van der Waals surface area contributed by atoms with Gasteiger partial charge < -0.3 is 10.2 Å². The number of nitrogens with zero attached hydrogens (tertiary/aromatic N) is 2. The number of piperidine rings is 1. The predicted octanol–water partition coefficient (Wildman–Crippen LogP) is 2.66. The monoisotopic (exact) mass is 399 g/mol. The van der Waals surface area contributed by atoms with Crippen molar-refractivity contribution in [2.24, 2.45) is 0 Å². The van der Waals surface area contributed by atoms with Gasteiger partial charge in [0.1, 0.15) is 6.54 Å². The van der Waals surface area contributed by atoms with Crippen molar-refractivity contribution in [3.8, 4) is 0 Å². The van der Waals surface area contributed by atoms with Crippen molar-refractivity contribution in [3.63, 3.8) is 0 Å². The van der Waals surface area contributed by atoms with E-state index >= 15 is 0 Å². The van der Waals surface area contributed by atoms with Crippen LogP contribution in [0.1, 0.15) is 33.6 Å². The molecule has 2 aromatic rings. The van der Waals surface area contributed by atoms with Crippen molar-refractivity contribution in [2.45, 2.75) is 18.9 Å². The van der Waals surface area contributed by atoms with E-state index < -0.39 is 23.4 Å². The summed E-state index contributed by atoms with van der Waals surface area (Å²) in [6.07, 6.45) is 1.48. The fourth-order valence-corrected chi connectivity index (χ4v) is 3.76. The van der Waals surface area contributed by atoms with Crippen LogP contribution in [-0.2, 0) is 4.79 Å². The number of nitrogens with one attached hydrogen (secondary N) is 1. The van der Waals surface area contributed by atoms with Gasteiger partial charge >= 0.3 is 0 Å². The van der Waals surface area contributed by atoms with Crippen LogP contribution in [0.25, 0.3) is 0 Å². The molecule has 0 saturated carbocycles. The third-order valence-corrected chi connectivity index (χ3v) is 5.24. The largest absolute Gasteiger partial charge is 0.380 e. The van der Waals surface area contributed by atoms with Crippen LogP contribution in [0.4, 0.5) is 14.5 Å². The maximum atomic E-state index is 13.4. The summed E-state index contributed by atoms with van der Waals surface area (Å²) in [5, 5.41) is 3.11. The van der Waals surface area contributed by atoms with E-state index in [0.29, 0.717) is 29.9 Å². The van der Waals surface area contributed by atoms with E-state index in [2.05, 4.69) is 5.32 Å². The maximum Gasteiger partial charge on any atom is 0.262 e. The average molecular weight is 399 g/mol. The van der Waals surface area contributed by atoms with E-state index in [1.165, 1.54) is 6.07 Å². The predicted molar refractivity (Wildman–Crippen MR) is 101 cm³/mol. The molecule has 0 spiro atoms. The third-order valence-electron chi connectivity index (χ3n) is 5.24. The summed E-state index contributed by atoms with van der Waals surface area (Å²) in [4.78, 5) is 40.2. The first-order valence-electron chi connectivity index (χ1n) is 9.38. The lowest BCUT2D eigenvalue weighted by Gasteiger charge is -2.34. The highest BCUT2D eigenvalue weighted by atomic mass is 19.2. The van der Waals surface area contributed by atoms with Crippen LogP contribution in [0.3, 0.4) is 0 Å². The molecule has 2 aliphatic heterocycles. The van der Waals surface area contributed by atoms with Crippen molar-refractivity contribution >= 4 is 23.4 Å². The molecule has 1 N–H and O–H groups in total. The van der Waals surface area contributed by atoms with Crippen molar-refractivity contribution < 1.29 is 23.2 Å². The molecular formula is C21H19F2N3O3. The number of likely N-dealkylation sites (tertiary alicyclic amines) is 1. The fourth-order valence-electron chi connectivity index (χ4n) is 3.76. The zero-order chi connectivity index (χ0) is 20.5. The van der Waals surface area contributed by atoms with Crippen LogP contribution in [0.5, 0.6) is 0 Å². The first kappa shape index (κ1) is 19.0. The number of benzene rings is 2. The second-order valence-corrected chi connectivity index (χ2v) is 7.19. The molecule has 1 unspecified atom stereocenters. The van der Waals surface area contributed by atoms with Gasteiger partial charge in [0.2, 0.25) is 5.91 Å². The van der Waals surface area contributed by atoms with Gasteiger partial charge in [0, 0.05) is 30.9 Å². The second-order valence-electron chi connectivity index (χ2n) is 7.19. The first-order valence-corrected chi connectivity index (χ1v) is 9.38. The maximum absolute atomic E-state index is 13.4. The second kappa shape index (κ2) is 7.62. The smallest absolute Gasteiger partial charge is 0.262 e. The number of imide groups is 1. The topological polar surface area (TPSA) is 69.7 Å². The summed E-state index contributed by atoms with van der Waals surface area (Å²) in [6.45, 7) is 0.545. The van der Waals surface area contributed by atoms with E-state index in [1.54, 1.807) is 29.2 Å². The highest BCUT2D eigenvalue weighted by Crippen LogP contribution is 2.23. The van der Waals surface area contributed by atoms with Gasteiger partial charge in [-0.1, -0.05) is 12.1 Å². The average Bonchev–Trinajstić information content (AvgIpc) is 2.96. The highest BCUT2D eigenvalue weighted by molar-refractivity contribution is 6.22. The van der Waals surface area contributed by atoms with E-state index in [0.717, 1.165) is 29.9 Å². The van der Waals surface area contributed by atoms with Gasteiger partial charge in [0.05, 0.1) is 11.1 Å². The molecule has 1 fully saturated rings. The Kier molecular flexibility index (Phi) is 5.00. The number of rotatable bonds is 4. The molecule has 1 saturated heterocycles. The van der Waals surface area contributed by atoms with Gasteiger partial charge in [-0.25, -0.2) is 8.78 Å². The number of halogens is 2. The van der Waals surface area contributed by atoms with Gasteiger partial charge in [0.25, 0.3) is 11.8 Å². The molecule has 1 atom stereocenters. The summed E-state index contributed by atoms with van der Waals surface area (Å²) in [5.41, 5.74) is 1.05. The number of carbonyl (C=O) groups excluding carboxylic acids is 3. The normalized spacial score (nSPS) is 18.8. The minimum atomic E-state index is -0.940. The first-order chi connectivity index (χ1) is 13.9. The van der Waals surface area contributed by atoms with E-state index in [-0.39, 0.29) is 18.5 Å². The van der Waals surface area contributed by atoms with Crippen LogP contribution < -0.4 is 5.32 Å². The van der Waals surface area contributed by atoms with Gasteiger partial charge in [0.15, 0.2) is 11.6 Å². The quantitative estimate of drug-likeness (QED) is 0.803. The molecule has 0 aromatic heterocycles. The number of hydrogen-bond donors (Lipinski definition) is 1. The number of anilines is 1. The van der Waals surface area contributed by atoms with Crippen molar-refractivity contribution in [1.29, 1.82) is 0 Å². The van der Waals surface area contributed by atoms with Crippen LogP contribution in [0, 0.1) is 11.6 Å². The number of amides is 3. The Hall–Kier alpha value is -3.29. The number of carbonyl (C=O) groups is 3. The summed E-state index contributed by atoms with van der Waals surface area (Å²) >= 11 is 0. The number of fused-ring (bicyclic) bond motifs is 1. The summed E-state index contributed by atoms with van der Waals surface area (Å²) in [6, 6.07) is 9.92. The Morgan fingerprint density at radius 3 is 2.38 bits per heavy atom. The third kappa shape index (κ3) is 3.70. The molecule has 0 aliphatic carbocycles. The van der Waals surface area contributed by atoms with Crippen LogP contribution in [0.15, 0.2) is 42.5 Å². The Bertz CT molecular complexity index is 960. The van der Waals surface area contributed by atoms with E-state index in [4.69, 9.17) is 0 Å². The minimum Gasteiger partial charge on any atom is -0.380 e. The van der Waals surface area contributed by atoms with E-state index in [1.807, 2.05) is 0 Å². The lowest BCUT2D eigenvalue weighted by Crippen LogP contribution is -2.49. The standard InChI is InChI=1S/C21H19F2N3O3/c22-17-8-7-13(10-18(17)23)24-14-4-3-9-25(11-14)19(27)12-26-20(28)15-5-1-2-6-16(15)21(26)29/h1-2,5-8,10,14,24H,3-4,9,11-12H2.